The maximum atomic E-state index is 12.6. The number of anilines is 1. The molecule has 0 fully saturated rings. The van der Waals surface area contributed by atoms with Gasteiger partial charge < -0.3 is 24.6 Å². The largest absolute Gasteiger partial charge is 0.872 e. The van der Waals surface area contributed by atoms with E-state index in [9.17, 15) is 5.11 Å². The molecule has 28 heavy (non-hydrogen) atoms. The monoisotopic (exact) mass is 422 g/mol. The Morgan fingerprint density at radius 2 is 1.93 bits per heavy atom. The number of fused-ring (bicyclic) bond motifs is 1. The van der Waals surface area contributed by atoms with Crippen molar-refractivity contribution in [3.63, 3.8) is 0 Å². The zero-order valence-electron chi connectivity index (χ0n) is 16.0. The lowest BCUT2D eigenvalue weighted by molar-refractivity contribution is -0.265. The van der Waals surface area contributed by atoms with Crippen molar-refractivity contribution >= 4 is 39.0 Å². The minimum atomic E-state index is -0.525. The molecule has 0 saturated heterocycles. The van der Waals surface area contributed by atoms with E-state index in [-0.39, 0.29) is 23.4 Å². The van der Waals surface area contributed by atoms with Gasteiger partial charge in [0.2, 0.25) is 0 Å². The molecule has 150 valence electrons. The Bertz CT molecular complexity index is 960. The van der Waals surface area contributed by atoms with E-state index in [2.05, 4.69) is 15.3 Å². The average Bonchev–Trinajstić information content (AvgIpc) is 3.12. The quantitative estimate of drug-likeness (QED) is 0.550. The zero-order valence-corrected chi connectivity index (χ0v) is 17.6. The van der Waals surface area contributed by atoms with E-state index in [1.807, 2.05) is 19.2 Å². The Labute approximate surface area is 172 Å². The third-order valence-electron chi connectivity index (χ3n) is 3.93. The third-order valence-corrected chi connectivity index (χ3v) is 5.06. The number of aromatic nitrogens is 2. The SMILES string of the molecule is COC(COc1ccc2c([O-])cc(-c3csc(NC(C)C)n3)nc2c1Cl)OC. The highest BCUT2D eigenvalue weighted by Crippen LogP contribution is 2.37. The van der Waals surface area contributed by atoms with Gasteiger partial charge in [-0.15, -0.1) is 11.3 Å². The van der Waals surface area contributed by atoms with Crippen LogP contribution in [0.5, 0.6) is 11.5 Å². The van der Waals surface area contributed by atoms with Crippen molar-refractivity contribution in [3.8, 4) is 22.9 Å². The summed E-state index contributed by atoms with van der Waals surface area (Å²) in [5.41, 5.74) is 1.46. The Hall–Kier alpha value is -2.13. The molecule has 0 saturated carbocycles. The summed E-state index contributed by atoms with van der Waals surface area (Å²) in [4.78, 5) is 9.07. The van der Waals surface area contributed by atoms with Gasteiger partial charge in [0.15, 0.2) is 11.4 Å². The van der Waals surface area contributed by atoms with Crippen LogP contribution in [0.2, 0.25) is 5.02 Å². The second-order valence-corrected chi connectivity index (χ2v) is 7.56. The lowest BCUT2D eigenvalue weighted by atomic mass is 10.1. The van der Waals surface area contributed by atoms with Gasteiger partial charge in [-0.05, 0) is 37.4 Å². The Balaban J connectivity index is 1.96. The highest BCUT2D eigenvalue weighted by Gasteiger charge is 2.14. The number of ether oxygens (including phenoxy) is 3. The van der Waals surface area contributed by atoms with Crippen molar-refractivity contribution in [2.45, 2.75) is 26.2 Å². The Morgan fingerprint density at radius 1 is 1.18 bits per heavy atom. The van der Waals surface area contributed by atoms with Gasteiger partial charge in [-0.2, -0.15) is 0 Å². The molecule has 3 aromatic rings. The minimum Gasteiger partial charge on any atom is -0.872 e. The third kappa shape index (κ3) is 4.47. The number of nitrogens with zero attached hydrogens (tertiary/aromatic N) is 2. The standard InChI is InChI=1S/C19H22ClN3O4S/c1-10(2)21-19-23-13(9-28-19)12-7-14(24)11-5-6-15(17(20)18(11)22-12)27-8-16(25-3)26-4/h5-7,9-10,16H,8H2,1-4H3,(H,21,23)(H,22,24)/p-1. The summed E-state index contributed by atoms with van der Waals surface area (Å²) in [6.07, 6.45) is -0.525. The summed E-state index contributed by atoms with van der Waals surface area (Å²) in [7, 11) is 3.04. The van der Waals surface area contributed by atoms with Gasteiger partial charge in [0.05, 0.1) is 11.2 Å². The lowest BCUT2D eigenvalue weighted by Gasteiger charge is -2.17. The van der Waals surface area contributed by atoms with Crippen LogP contribution in [0.1, 0.15) is 13.8 Å². The van der Waals surface area contributed by atoms with E-state index in [1.165, 1.54) is 31.6 Å². The fourth-order valence-corrected chi connectivity index (χ4v) is 3.66. The van der Waals surface area contributed by atoms with Gasteiger partial charge >= 0.3 is 0 Å². The molecule has 0 aliphatic carbocycles. The fraction of sp³-hybridized carbons (Fsp3) is 0.368. The van der Waals surface area contributed by atoms with Crippen molar-refractivity contribution < 1.29 is 19.3 Å². The normalized spacial score (nSPS) is 11.5. The van der Waals surface area contributed by atoms with Crippen molar-refractivity contribution in [3.05, 3.63) is 28.6 Å². The van der Waals surface area contributed by atoms with Crippen LogP contribution >= 0.6 is 22.9 Å². The van der Waals surface area contributed by atoms with E-state index in [0.717, 1.165) is 5.13 Å². The van der Waals surface area contributed by atoms with Crippen LogP contribution in [0.15, 0.2) is 23.6 Å². The topological polar surface area (TPSA) is 88.6 Å². The summed E-state index contributed by atoms with van der Waals surface area (Å²) in [5, 5.41) is 19.1. The van der Waals surface area contributed by atoms with E-state index < -0.39 is 6.29 Å². The first-order chi connectivity index (χ1) is 13.4. The average molecular weight is 423 g/mol. The maximum absolute atomic E-state index is 12.6. The summed E-state index contributed by atoms with van der Waals surface area (Å²) in [5.74, 6) is 0.226. The first-order valence-electron chi connectivity index (χ1n) is 8.64. The Kier molecular flexibility index (Phi) is 6.56. The second kappa shape index (κ2) is 8.91. The predicted molar refractivity (Wildman–Crippen MR) is 109 cm³/mol. The van der Waals surface area contributed by atoms with E-state index in [1.54, 1.807) is 12.1 Å². The zero-order chi connectivity index (χ0) is 20.3. The van der Waals surface area contributed by atoms with Crippen molar-refractivity contribution in [2.75, 3.05) is 26.1 Å². The van der Waals surface area contributed by atoms with Crippen LogP contribution in [0.25, 0.3) is 22.3 Å². The van der Waals surface area contributed by atoms with Gasteiger partial charge in [-0.3, -0.25) is 0 Å². The molecule has 3 rings (SSSR count). The number of halogens is 1. The molecule has 0 atom stereocenters. The molecule has 0 radical (unpaired) electrons. The van der Waals surface area contributed by atoms with Crippen molar-refractivity contribution in [1.82, 2.24) is 9.97 Å². The first-order valence-corrected chi connectivity index (χ1v) is 9.89. The molecule has 2 heterocycles. The molecule has 0 amide bonds. The number of thiazole rings is 1. The molecule has 0 aliphatic heterocycles. The smallest absolute Gasteiger partial charge is 0.191 e. The number of methoxy groups -OCH3 is 2. The first kappa shape index (κ1) is 20.6. The fourth-order valence-electron chi connectivity index (χ4n) is 2.55. The van der Waals surface area contributed by atoms with Gasteiger partial charge in [0.1, 0.15) is 23.1 Å². The lowest BCUT2D eigenvalue weighted by Crippen LogP contribution is -2.22. The van der Waals surface area contributed by atoms with Gasteiger partial charge in [-0.25, -0.2) is 9.97 Å². The van der Waals surface area contributed by atoms with Gasteiger partial charge in [-0.1, -0.05) is 17.4 Å². The van der Waals surface area contributed by atoms with Crippen LogP contribution < -0.4 is 15.2 Å². The highest BCUT2D eigenvalue weighted by atomic mass is 35.5. The molecule has 7 nitrogen and oxygen atoms in total. The molecule has 0 unspecified atom stereocenters. The number of hydrogen-bond donors (Lipinski definition) is 1. The van der Waals surface area contributed by atoms with E-state index >= 15 is 0 Å². The second-order valence-electron chi connectivity index (χ2n) is 6.33. The predicted octanol–water partition coefficient (Wildman–Crippen LogP) is 3.90. The van der Waals surface area contributed by atoms with E-state index in [0.29, 0.717) is 28.0 Å². The van der Waals surface area contributed by atoms with Crippen LogP contribution in [-0.2, 0) is 9.47 Å². The minimum absolute atomic E-state index is 0.151. The Morgan fingerprint density at radius 3 is 2.61 bits per heavy atom. The molecular weight excluding hydrogens is 402 g/mol. The molecule has 0 aliphatic rings. The summed E-state index contributed by atoms with van der Waals surface area (Å²) in [6, 6.07) is 5.02. The number of hydrogen-bond acceptors (Lipinski definition) is 8. The van der Waals surface area contributed by atoms with Crippen molar-refractivity contribution in [1.29, 1.82) is 0 Å². The molecule has 9 heteroatoms. The van der Waals surface area contributed by atoms with Crippen LogP contribution in [0.3, 0.4) is 0 Å². The maximum Gasteiger partial charge on any atom is 0.191 e. The molecule has 1 aromatic carbocycles. The molecule has 0 bridgehead atoms. The summed E-state index contributed by atoms with van der Waals surface area (Å²) in [6.45, 7) is 4.21. The molecule has 0 spiro atoms. The van der Waals surface area contributed by atoms with Crippen molar-refractivity contribution in [2.24, 2.45) is 0 Å². The summed E-state index contributed by atoms with van der Waals surface area (Å²) < 4.78 is 15.9. The number of benzene rings is 1. The van der Waals surface area contributed by atoms with E-state index in [4.69, 9.17) is 25.8 Å². The number of rotatable bonds is 8. The molecular formula is C19H21ClN3O4S-. The van der Waals surface area contributed by atoms with Crippen LogP contribution in [0.4, 0.5) is 5.13 Å². The number of pyridine rings is 1. The van der Waals surface area contributed by atoms with Crippen LogP contribution in [-0.4, -0.2) is 43.1 Å². The van der Waals surface area contributed by atoms with Gasteiger partial charge in [0.25, 0.3) is 0 Å². The molecule has 2 aromatic heterocycles. The molecule has 1 N–H and O–H groups in total. The van der Waals surface area contributed by atoms with Crippen LogP contribution in [0, 0.1) is 0 Å². The highest BCUT2D eigenvalue weighted by molar-refractivity contribution is 7.14. The van der Waals surface area contributed by atoms with Gasteiger partial charge in [0, 0.05) is 25.6 Å². The summed E-state index contributed by atoms with van der Waals surface area (Å²) >= 11 is 7.94. The number of nitrogens with one attached hydrogen (secondary N) is 1.